The van der Waals surface area contributed by atoms with Crippen LogP contribution in [0.1, 0.15) is 46.1 Å². The molecule has 8 nitrogen and oxygen atoms in total. The number of carboxylic acid groups (broad SMARTS) is 1. The third-order valence-corrected chi connectivity index (χ3v) is 6.32. The summed E-state index contributed by atoms with van der Waals surface area (Å²) in [6.45, 7) is 4.58. The van der Waals surface area contributed by atoms with Gasteiger partial charge in [-0.15, -0.1) is 0 Å². The van der Waals surface area contributed by atoms with Gasteiger partial charge in [-0.1, -0.05) is 30.3 Å². The number of aryl methyl sites for hydroxylation is 2. The summed E-state index contributed by atoms with van der Waals surface area (Å²) in [7, 11) is 0. The van der Waals surface area contributed by atoms with Gasteiger partial charge in [-0.2, -0.15) is 0 Å². The summed E-state index contributed by atoms with van der Waals surface area (Å²) in [5.41, 5.74) is 3.64. The Morgan fingerprint density at radius 3 is 2.37 bits per heavy atom. The monoisotopic (exact) mass is 475 g/mol. The van der Waals surface area contributed by atoms with Gasteiger partial charge in [-0.25, -0.2) is 19.3 Å². The molecule has 1 saturated heterocycles. The summed E-state index contributed by atoms with van der Waals surface area (Å²) in [4.78, 5) is 36.8. The highest BCUT2D eigenvalue weighted by Gasteiger charge is 2.41. The lowest BCUT2D eigenvalue weighted by Crippen LogP contribution is -2.46. The molecule has 0 radical (unpaired) electrons. The van der Waals surface area contributed by atoms with E-state index in [0.717, 1.165) is 29.8 Å². The highest BCUT2D eigenvalue weighted by Crippen LogP contribution is 2.41. The maximum Gasteiger partial charge on any atom is 0.290 e. The van der Waals surface area contributed by atoms with Crippen LogP contribution in [0.2, 0.25) is 0 Å². The first-order chi connectivity index (χ1) is 16.9. The molecule has 9 heteroatoms. The van der Waals surface area contributed by atoms with Crippen molar-refractivity contribution in [3.63, 3.8) is 0 Å². The first kappa shape index (κ1) is 24.0. The van der Waals surface area contributed by atoms with E-state index in [1.54, 1.807) is 23.5 Å². The van der Waals surface area contributed by atoms with Gasteiger partial charge in [0.1, 0.15) is 23.0 Å². The van der Waals surface area contributed by atoms with Gasteiger partial charge in [-0.05, 0) is 50.5 Å². The van der Waals surface area contributed by atoms with E-state index in [2.05, 4.69) is 22.1 Å². The molecular weight excluding hydrogens is 449 g/mol. The van der Waals surface area contributed by atoms with Gasteiger partial charge in [0, 0.05) is 36.6 Å². The molecule has 180 valence electrons. The number of aromatic nitrogens is 4. The van der Waals surface area contributed by atoms with Crippen molar-refractivity contribution in [1.29, 1.82) is 0 Å². The first-order valence-electron chi connectivity index (χ1n) is 11.3. The van der Waals surface area contributed by atoms with E-state index < -0.39 is 0 Å². The molecule has 1 amide bonds. The Balaban J connectivity index is 0.000000917. The second kappa shape index (κ2) is 10.0. The Morgan fingerprint density at radius 1 is 1.03 bits per heavy atom. The van der Waals surface area contributed by atoms with Crippen molar-refractivity contribution in [2.24, 2.45) is 0 Å². The minimum Gasteiger partial charge on any atom is -0.483 e. The molecule has 3 aromatic heterocycles. The number of benzene rings is 1. The van der Waals surface area contributed by atoms with Crippen LogP contribution in [-0.4, -0.2) is 54.8 Å². The first-order valence-corrected chi connectivity index (χ1v) is 11.3. The van der Waals surface area contributed by atoms with Crippen LogP contribution in [0.5, 0.6) is 0 Å². The molecule has 0 bridgehead atoms. The summed E-state index contributed by atoms with van der Waals surface area (Å²) < 4.78 is 15.5. The highest BCUT2D eigenvalue weighted by molar-refractivity contribution is 5.92. The Bertz CT molecular complexity index is 1330. The van der Waals surface area contributed by atoms with E-state index in [1.807, 2.05) is 36.2 Å². The SMILES string of the molecule is Cc1cc(C(=O)N2CCC(c3ccccc3)(c3cn4cc(F)ccc4n3)CC2)nc(C)n1.O=CO. The zero-order valence-electron chi connectivity index (χ0n) is 19.6. The van der Waals surface area contributed by atoms with Crippen molar-refractivity contribution in [3.8, 4) is 0 Å². The van der Waals surface area contributed by atoms with Crippen molar-refractivity contribution >= 4 is 18.0 Å². The lowest BCUT2D eigenvalue weighted by Gasteiger charge is -2.41. The van der Waals surface area contributed by atoms with Gasteiger partial charge in [0.2, 0.25) is 0 Å². The number of hydrogen-bond acceptors (Lipinski definition) is 5. The number of imidazole rings is 1. The average molecular weight is 476 g/mol. The smallest absolute Gasteiger partial charge is 0.290 e. The van der Waals surface area contributed by atoms with E-state index >= 15 is 0 Å². The quantitative estimate of drug-likeness (QED) is 0.453. The number of pyridine rings is 1. The van der Waals surface area contributed by atoms with Crippen LogP contribution >= 0.6 is 0 Å². The predicted octanol–water partition coefficient (Wildman–Crippen LogP) is 3.80. The van der Waals surface area contributed by atoms with Crippen LogP contribution in [0.25, 0.3) is 5.65 Å². The molecule has 0 saturated carbocycles. The second-order valence-corrected chi connectivity index (χ2v) is 8.53. The maximum absolute atomic E-state index is 13.8. The van der Waals surface area contributed by atoms with Crippen LogP contribution in [0, 0.1) is 19.7 Å². The molecular formula is C26H26FN5O3. The number of fused-ring (bicyclic) bond motifs is 1. The van der Waals surface area contributed by atoms with E-state index in [9.17, 15) is 9.18 Å². The number of carbonyl (C=O) groups excluding carboxylic acids is 1. The molecule has 0 spiro atoms. The summed E-state index contributed by atoms with van der Waals surface area (Å²) in [5, 5.41) is 6.89. The minimum atomic E-state index is -0.349. The minimum absolute atomic E-state index is 0.0719. The lowest BCUT2D eigenvalue weighted by atomic mass is 9.70. The number of amides is 1. The van der Waals surface area contributed by atoms with Gasteiger partial charge in [0.15, 0.2) is 0 Å². The molecule has 1 aliphatic heterocycles. The van der Waals surface area contributed by atoms with Crippen LogP contribution in [0.15, 0.2) is 60.9 Å². The summed E-state index contributed by atoms with van der Waals surface area (Å²) in [5.74, 6) is 0.226. The molecule has 35 heavy (non-hydrogen) atoms. The fraction of sp³-hybridized carbons (Fsp3) is 0.269. The van der Waals surface area contributed by atoms with Gasteiger partial charge >= 0.3 is 0 Å². The average Bonchev–Trinajstić information content (AvgIpc) is 3.28. The zero-order chi connectivity index (χ0) is 25.0. The van der Waals surface area contributed by atoms with Crippen molar-refractivity contribution in [3.05, 3.63) is 95.2 Å². The Morgan fingerprint density at radius 2 is 1.71 bits per heavy atom. The number of halogens is 1. The molecule has 1 aliphatic rings. The highest BCUT2D eigenvalue weighted by atomic mass is 19.1. The van der Waals surface area contributed by atoms with E-state index in [-0.39, 0.29) is 23.6 Å². The van der Waals surface area contributed by atoms with E-state index in [1.165, 1.54) is 12.3 Å². The van der Waals surface area contributed by atoms with Crippen molar-refractivity contribution in [2.75, 3.05) is 13.1 Å². The fourth-order valence-electron chi connectivity index (χ4n) is 4.73. The molecule has 1 fully saturated rings. The zero-order valence-corrected chi connectivity index (χ0v) is 19.6. The normalized spacial score (nSPS) is 14.8. The van der Waals surface area contributed by atoms with Crippen LogP contribution < -0.4 is 0 Å². The predicted molar refractivity (Wildman–Crippen MR) is 128 cm³/mol. The van der Waals surface area contributed by atoms with Crippen LogP contribution in [0.4, 0.5) is 4.39 Å². The van der Waals surface area contributed by atoms with Gasteiger partial charge in [0.25, 0.3) is 12.4 Å². The number of rotatable bonds is 3. The third-order valence-electron chi connectivity index (χ3n) is 6.32. The molecule has 4 aromatic rings. The number of likely N-dealkylation sites (tertiary alicyclic amines) is 1. The molecule has 4 heterocycles. The second-order valence-electron chi connectivity index (χ2n) is 8.53. The number of nitrogens with zero attached hydrogens (tertiary/aromatic N) is 5. The maximum atomic E-state index is 13.8. The molecule has 1 N–H and O–H groups in total. The largest absolute Gasteiger partial charge is 0.483 e. The lowest BCUT2D eigenvalue weighted by molar-refractivity contribution is -0.122. The summed E-state index contributed by atoms with van der Waals surface area (Å²) in [6.07, 6.45) is 4.80. The van der Waals surface area contributed by atoms with Gasteiger partial charge in [0.05, 0.1) is 5.69 Å². The topological polar surface area (TPSA) is 101 Å². The summed E-state index contributed by atoms with van der Waals surface area (Å²) >= 11 is 0. The third kappa shape index (κ3) is 4.89. The van der Waals surface area contributed by atoms with Crippen molar-refractivity contribution in [2.45, 2.75) is 32.1 Å². The fourth-order valence-corrected chi connectivity index (χ4v) is 4.73. The molecule has 0 atom stereocenters. The van der Waals surface area contributed by atoms with Crippen LogP contribution in [-0.2, 0) is 10.2 Å². The number of hydrogen-bond donors (Lipinski definition) is 1. The Kier molecular flexibility index (Phi) is 6.86. The molecule has 0 unspecified atom stereocenters. The molecule has 0 aliphatic carbocycles. The number of piperidine rings is 1. The van der Waals surface area contributed by atoms with Crippen molar-refractivity contribution in [1.82, 2.24) is 24.3 Å². The van der Waals surface area contributed by atoms with E-state index in [4.69, 9.17) is 14.9 Å². The standard InChI is InChI=1S/C25H24FN5O.CH2O2/c1-17-14-21(28-18(2)27-17)24(32)30-12-10-25(11-13-30,19-6-4-3-5-7-19)22-16-31-15-20(26)8-9-23(31)29-22;2-1-3/h3-9,14-16H,10-13H2,1-2H3;1H,(H,2,3). The Hall–Kier alpha value is -4.14. The summed E-state index contributed by atoms with van der Waals surface area (Å²) in [6, 6.07) is 15.1. The Labute approximate surface area is 202 Å². The van der Waals surface area contributed by atoms with Gasteiger partial charge < -0.3 is 14.4 Å². The van der Waals surface area contributed by atoms with Gasteiger partial charge in [-0.3, -0.25) is 9.59 Å². The van der Waals surface area contributed by atoms with Crippen LogP contribution in [0.3, 0.4) is 0 Å². The van der Waals surface area contributed by atoms with E-state index in [0.29, 0.717) is 30.3 Å². The molecule has 5 rings (SSSR count). The number of carbonyl (C=O) groups is 2. The van der Waals surface area contributed by atoms with Crippen molar-refractivity contribution < 1.29 is 19.1 Å². The molecule has 1 aromatic carbocycles.